The summed E-state index contributed by atoms with van der Waals surface area (Å²) in [5.74, 6) is 0.987. The fraction of sp³-hybridized carbons (Fsp3) is 0.194. The highest BCUT2D eigenvalue weighted by atomic mass is 32.2. The Kier molecular flexibility index (Phi) is 6.70. The number of ether oxygens (including phenoxy) is 2. The van der Waals surface area contributed by atoms with Gasteiger partial charge in [-0.15, -0.1) is 0 Å². The second-order valence-electron chi connectivity index (χ2n) is 9.68. The first kappa shape index (κ1) is 25.0. The summed E-state index contributed by atoms with van der Waals surface area (Å²) >= 11 is 1.33. The van der Waals surface area contributed by atoms with Gasteiger partial charge in [0.2, 0.25) is 18.6 Å². The Labute approximate surface area is 230 Å². The fourth-order valence-electron chi connectivity index (χ4n) is 4.83. The maximum Gasteiger partial charge on any atom is 0.242 e. The number of aliphatic imine (C=N–C) groups is 1. The van der Waals surface area contributed by atoms with E-state index in [1.54, 1.807) is 4.90 Å². The van der Waals surface area contributed by atoms with Crippen molar-refractivity contribution < 1.29 is 19.1 Å². The molecule has 0 aromatic heterocycles. The van der Waals surface area contributed by atoms with Gasteiger partial charge in [0, 0.05) is 17.5 Å². The summed E-state index contributed by atoms with van der Waals surface area (Å²) in [5.41, 5.74) is 4.59. The number of rotatable bonds is 6. The van der Waals surface area contributed by atoms with Crippen molar-refractivity contribution in [3.63, 3.8) is 0 Å². The number of aryl methyl sites for hydroxylation is 2. The molecule has 1 N–H and O–H groups in total. The van der Waals surface area contributed by atoms with E-state index in [-0.39, 0.29) is 25.0 Å². The Hall–Kier alpha value is -4.30. The molecule has 0 bridgehead atoms. The minimum Gasteiger partial charge on any atom is -0.454 e. The van der Waals surface area contributed by atoms with Crippen LogP contribution >= 0.6 is 11.8 Å². The zero-order valence-corrected chi connectivity index (χ0v) is 22.5. The van der Waals surface area contributed by atoms with Gasteiger partial charge in [0.15, 0.2) is 16.7 Å². The SMILES string of the molecule is Cc1ccc(N=C2S[C@H](CC(=O)Nc3cccc4ccccc34)C(=O)N2Cc2ccc3c(c2)OCO3)c(C)c1. The van der Waals surface area contributed by atoms with Crippen LogP contribution in [0.5, 0.6) is 11.5 Å². The molecule has 7 nitrogen and oxygen atoms in total. The van der Waals surface area contributed by atoms with Gasteiger partial charge < -0.3 is 14.8 Å². The highest BCUT2D eigenvalue weighted by Gasteiger charge is 2.39. The average molecular weight is 538 g/mol. The van der Waals surface area contributed by atoms with E-state index in [0.29, 0.717) is 23.2 Å². The van der Waals surface area contributed by atoms with Crippen molar-refractivity contribution in [2.24, 2.45) is 4.99 Å². The summed E-state index contributed by atoms with van der Waals surface area (Å²) in [6.45, 7) is 4.54. The van der Waals surface area contributed by atoms with Crippen LogP contribution < -0.4 is 14.8 Å². The van der Waals surface area contributed by atoms with E-state index < -0.39 is 5.25 Å². The molecule has 6 rings (SSSR count). The van der Waals surface area contributed by atoms with Crippen molar-refractivity contribution in [2.75, 3.05) is 12.1 Å². The van der Waals surface area contributed by atoms with Crippen LogP contribution in [0.4, 0.5) is 11.4 Å². The molecule has 39 heavy (non-hydrogen) atoms. The molecule has 0 aliphatic carbocycles. The Morgan fingerprint density at radius 3 is 2.69 bits per heavy atom. The van der Waals surface area contributed by atoms with E-state index in [1.165, 1.54) is 11.8 Å². The number of nitrogens with one attached hydrogen (secondary N) is 1. The number of nitrogens with zero attached hydrogens (tertiary/aromatic N) is 2. The average Bonchev–Trinajstić information content (AvgIpc) is 3.50. The van der Waals surface area contributed by atoms with E-state index in [1.807, 2.05) is 86.6 Å². The maximum absolute atomic E-state index is 13.7. The molecule has 4 aromatic rings. The summed E-state index contributed by atoms with van der Waals surface area (Å²) < 4.78 is 11.0. The molecule has 2 amide bonds. The van der Waals surface area contributed by atoms with E-state index in [0.717, 1.165) is 38.8 Å². The molecule has 1 atom stereocenters. The molecule has 0 saturated carbocycles. The number of carbonyl (C=O) groups is 2. The van der Waals surface area contributed by atoms with Gasteiger partial charge in [0.25, 0.3) is 0 Å². The van der Waals surface area contributed by atoms with Gasteiger partial charge in [-0.3, -0.25) is 14.5 Å². The Bertz CT molecular complexity index is 1630. The number of anilines is 1. The Balaban J connectivity index is 1.26. The minimum absolute atomic E-state index is 0.0380. The number of amidine groups is 1. The smallest absolute Gasteiger partial charge is 0.242 e. The molecule has 8 heteroatoms. The van der Waals surface area contributed by atoms with Crippen LogP contribution in [0.2, 0.25) is 0 Å². The Morgan fingerprint density at radius 2 is 1.82 bits per heavy atom. The zero-order valence-electron chi connectivity index (χ0n) is 21.6. The number of hydrogen-bond acceptors (Lipinski definition) is 6. The lowest BCUT2D eigenvalue weighted by molar-refractivity contribution is -0.128. The number of fused-ring (bicyclic) bond motifs is 2. The summed E-state index contributed by atoms with van der Waals surface area (Å²) in [6, 6.07) is 25.4. The molecular weight excluding hydrogens is 510 g/mol. The first-order valence-corrected chi connectivity index (χ1v) is 13.6. The molecule has 196 valence electrons. The van der Waals surface area contributed by atoms with Gasteiger partial charge >= 0.3 is 0 Å². The highest BCUT2D eigenvalue weighted by molar-refractivity contribution is 8.15. The van der Waals surface area contributed by atoms with E-state index in [9.17, 15) is 9.59 Å². The predicted molar refractivity (Wildman–Crippen MR) is 155 cm³/mol. The molecule has 2 aliphatic rings. The van der Waals surface area contributed by atoms with Gasteiger partial charge in [0.1, 0.15) is 5.25 Å². The number of thioether (sulfide) groups is 1. The van der Waals surface area contributed by atoms with Gasteiger partial charge in [0.05, 0.1) is 12.2 Å². The van der Waals surface area contributed by atoms with Crippen LogP contribution in [0.1, 0.15) is 23.1 Å². The van der Waals surface area contributed by atoms with Gasteiger partial charge in [-0.25, -0.2) is 4.99 Å². The Morgan fingerprint density at radius 1 is 1.00 bits per heavy atom. The van der Waals surface area contributed by atoms with Crippen LogP contribution in [-0.4, -0.2) is 33.9 Å². The van der Waals surface area contributed by atoms with Crippen molar-refractivity contribution in [3.05, 3.63) is 95.6 Å². The lowest BCUT2D eigenvalue weighted by Crippen LogP contribution is -2.33. The van der Waals surface area contributed by atoms with E-state index in [2.05, 4.69) is 11.4 Å². The van der Waals surface area contributed by atoms with Crippen LogP contribution in [0, 0.1) is 13.8 Å². The largest absolute Gasteiger partial charge is 0.454 e. The number of benzene rings is 4. The predicted octanol–water partition coefficient (Wildman–Crippen LogP) is 6.35. The third-order valence-electron chi connectivity index (χ3n) is 6.80. The first-order valence-electron chi connectivity index (χ1n) is 12.7. The minimum atomic E-state index is -0.585. The molecule has 0 unspecified atom stereocenters. The van der Waals surface area contributed by atoms with Crippen LogP contribution in [0.15, 0.2) is 83.9 Å². The van der Waals surface area contributed by atoms with Crippen molar-refractivity contribution >= 4 is 50.9 Å². The number of hydrogen-bond donors (Lipinski definition) is 1. The molecule has 2 aliphatic heterocycles. The van der Waals surface area contributed by atoms with Crippen molar-refractivity contribution in [1.29, 1.82) is 0 Å². The molecule has 1 fully saturated rings. The third kappa shape index (κ3) is 5.20. The monoisotopic (exact) mass is 537 g/mol. The fourth-order valence-corrected chi connectivity index (χ4v) is 5.98. The zero-order chi connectivity index (χ0) is 26.9. The quantitative estimate of drug-likeness (QED) is 0.310. The van der Waals surface area contributed by atoms with Crippen molar-refractivity contribution in [1.82, 2.24) is 4.90 Å². The van der Waals surface area contributed by atoms with Gasteiger partial charge in [-0.05, 0) is 54.6 Å². The number of amides is 2. The molecule has 4 aromatic carbocycles. The lowest BCUT2D eigenvalue weighted by atomic mass is 10.1. The highest BCUT2D eigenvalue weighted by Crippen LogP contribution is 2.37. The topological polar surface area (TPSA) is 80.2 Å². The third-order valence-corrected chi connectivity index (χ3v) is 7.98. The molecule has 1 saturated heterocycles. The summed E-state index contributed by atoms with van der Waals surface area (Å²) in [5, 5.41) is 5.00. The van der Waals surface area contributed by atoms with Crippen LogP contribution in [0.25, 0.3) is 10.8 Å². The standard InChI is InChI=1S/C31H27N3O4S/c1-19-10-12-24(20(2)14-19)33-31-34(17-21-11-13-26-27(15-21)38-18-37-26)30(36)28(39-31)16-29(35)32-25-9-5-7-22-6-3-4-8-23(22)25/h3-15,28H,16-18H2,1-2H3,(H,32,35)/t28-/m1/s1. The van der Waals surface area contributed by atoms with E-state index >= 15 is 0 Å². The second-order valence-corrected chi connectivity index (χ2v) is 10.9. The normalized spacial score (nSPS) is 17.3. The maximum atomic E-state index is 13.7. The second kappa shape index (κ2) is 10.5. The summed E-state index contributed by atoms with van der Waals surface area (Å²) in [7, 11) is 0. The van der Waals surface area contributed by atoms with Crippen molar-refractivity contribution in [3.8, 4) is 11.5 Å². The molecule has 2 heterocycles. The van der Waals surface area contributed by atoms with Crippen LogP contribution in [-0.2, 0) is 16.1 Å². The van der Waals surface area contributed by atoms with Crippen LogP contribution in [0.3, 0.4) is 0 Å². The van der Waals surface area contributed by atoms with Crippen molar-refractivity contribution in [2.45, 2.75) is 32.1 Å². The first-order chi connectivity index (χ1) is 18.9. The summed E-state index contributed by atoms with van der Waals surface area (Å²) in [6.07, 6.45) is 0.0380. The lowest BCUT2D eigenvalue weighted by Gasteiger charge is -2.17. The molecule has 0 spiro atoms. The molecule has 0 radical (unpaired) electrons. The van der Waals surface area contributed by atoms with E-state index in [4.69, 9.17) is 14.5 Å². The molecular formula is C31H27N3O4S. The number of carbonyl (C=O) groups excluding carboxylic acids is 2. The van der Waals surface area contributed by atoms with Gasteiger partial charge in [-0.1, -0.05) is 71.9 Å². The van der Waals surface area contributed by atoms with Gasteiger partial charge in [-0.2, -0.15) is 0 Å². The summed E-state index contributed by atoms with van der Waals surface area (Å²) in [4.78, 5) is 33.4.